The maximum Gasteiger partial charge on any atom is 0.338 e. The van der Waals surface area contributed by atoms with Gasteiger partial charge in [-0.3, -0.25) is 14.3 Å². The fraction of sp³-hybridized carbons (Fsp3) is 0.476. The molecule has 4 atom stereocenters. The molecule has 0 amide bonds. The number of carbonyl (C=O) groups is 1. The number of hydrogen-bond acceptors (Lipinski definition) is 8. The van der Waals surface area contributed by atoms with E-state index in [9.17, 15) is 19.5 Å². The summed E-state index contributed by atoms with van der Waals surface area (Å²) in [6.45, 7) is 4.47. The number of H-pyrrole nitrogens is 1. The molecule has 0 saturated carbocycles. The molecule has 1 aromatic heterocycles. The van der Waals surface area contributed by atoms with E-state index in [0.29, 0.717) is 5.56 Å². The molecule has 0 aliphatic carbocycles. The number of aliphatic hydroxyl groups excluding tert-OH is 1. The minimum Gasteiger partial charge on any atom is -0.459 e. The van der Waals surface area contributed by atoms with Crippen LogP contribution in [0.2, 0.25) is 0 Å². The Kier molecular flexibility index (Phi) is 5.34. The van der Waals surface area contributed by atoms with Crippen molar-refractivity contribution in [3.05, 3.63) is 68.5 Å². The van der Waals surface area contributed by atoms with Crippen LogP contribution in [-0.4, -0.2) is 57.9 Å². The number of ether oxygens (including phenoxy) is 4. The van der Waals surface area contributed by atoms with Gasteiger partial charge in [-0.2, -0.15) is 0 Å². The first-order valence-corrected chi connectivity index (χ1v) is 9.86. The lowest BCUT2D eigenvalue weighted by molar-refractivity contribution is -0.244. The number of aromatic nitrogens is 2. The Bertz CT molecular complexity index is 1090. The highest BCUT2D eigenvalue weighted by molar-refractivity contribution is 5.89. The van der Waals surface area contributed by atoms with Crippen molar-refractivity contribution in [3.63, 3.8) is 0 Å². The lowest BCUT2D eigenvalue weighted by Gasteiger charge is -2.34. The second kappa shape index (κ2) is 7.72. The first kappa shape index (κ1) is 21.4. The third-order valence-corrected chi connectivity index (χ3v) is 5.42. The summed E-state index contributed by atoms with van der Waals surface area (Å²) in [5.41, 5.74) is -1.63. The van der Waals surface area contributed by atoms with Gasteiger partial charge >= 0.3 is 11.7 Å². The van der Waals surface area contributed by atoms with Crippen molar-refractivity contribution in [3.8, 4) is 0 Å². The standard InChI is InChI=1S/C21H24N2O8/c1-12-4-6-13(7-5-12)18(26)28-10-14-16-17(31-20(2,3)30-16)21(11-24,29-14)23-9-8-15(25)22-19(23)27/h4-9,14,16-17,24H,10-11H2,1-3H3,(H,22,25,27)/t14-,16-,17-,21+/m1/s1. The van der Waals surface area contributed by atoms with Crippen LogP contribution in [0.5, 0.6) is 0 Å². The third kappa shape index (κ3) is 3.83. The first-order valence-electron chi connectivity index (χ1n) is 9.86. The zero-order chi connectivity index (χ0) is 22.4. The number of nitrogens with one attached hydrogen (secondary N) is 1. The normalized spacial score (nSPS) is 29.0. The van der Waals surface area contributed by atoms with Crippen LogP contribution in [0.25, 0.3) is 0 Å². The van der Waals surface area contributed by atoms with Gasteiger partial charge in [-0.1, -0.05) is 17.7 Å². The Morgan fingerprint density at radius 3 is 2.52 bits per heavy atom. The number of rotatable bonds is 5. The van der Waals surface area contributed by atoms with Crippen LogP contribution in [0.4, 0.5) is 0 Å². The van der Waals surface area contributed by atoms with E-state index in [1.807, 2.05) is 6.92 Å². The lowest BCUT2D eigenvalue weighted by Crippen LogP contribution is -2.54. The topological polar surface area (TPSA) is 129 Å². The van der Waals surface area contributed by atoms with Crippen LogP contribution >= 0.6 is 0 Å². The number of aryl methyl sites for hydroxylation is 1. The molecule has 10 nitrogen and oxygen atoms in total. The SMILES string of the molecule is Cc1ccc(C(=O)OC[C@H]2O[C@](CO)(n3ccc(=O)[nH]c3=O)[C@@H]3OC(C)(C)O[C@@H]32)cc1. The van der Waals surface area contributed by atoms with Gasteiger partial charge in [-0.05, 0) is 32.9 Å². The molecule has 10 heteroatoms. The number of hydrogen-bond donors (Lipinski definition) is 2. The zero-order valence-electron chi connectivity index (χ0n) is 17.4. The van der Waals surface area contributed by atoms with E-state index in [2.05, 4.69) is 4.98 Å². The summed E-state index contributed by atoms with van der Waals surface area (Å²) in [5, 5.41) is 10.3. The Morgan fingerprint density at radius 1 is 1.16 bits per heavy atom. The van der Waals surface area contributed by atoms with Gasteiger partial charge in [-0.15, -0.1) is 0 Å². The van der Waals surface area contributed by atoms with Crippen molar-refractivity contribution < 1.29 is 28.8 Å². The molecule has 166 valence electrons. The molecule has 0 bridgehead atoms. The van der Waals surface area contributed by atoms with Crippen LogP contribution in [0, 0.1) is 6.92 Å². The van der Waals surface area contributed by atoms with Gasteiger partial charge in [0.2, 0.25) is 5.72 Å². The summed E-state index contributed by atoms with van der Waals surface area (Å²) >= 11 is 0. The minimum atomic E-state index is -1.67. The molecule has 31 heavy (non-hydrogen) atoms. The molecular formula is C21H24N2O8. The molecule has 1 aromatic carbocycles. The van der Waals surface area contributed by atoms with Crippen LogP contribution < -0.4 is 11.2 Å². The molecule has 2 N–H and O–H groups in total. The van der Waals surface area contributed by atoms with E-state index in [1.165, 1.54) is 6.20 Å². The molecule has 0 unspecified atom stereocenters. The van der Waals surface area contributed by atoms with Gasteiger partial charge < -0.3 is 24.1 Å². The molecule has 2 fully saturated rings. The molecule has 2 aliphatic heterocycles. The van der Waals surface area contributed by atoms with E-state index in [-0.39, 0.29) is 6.61 Å². The van der Waals surface area contributed by atoms with E-state index in [1.54, 1.807) is 38.1 Å². The molecule has 2 aliphatic rings. The van der Waals surface area contributed by atoms with E-state index < -0.39 is 53.6 Å². The average Bonchev–Trinajstić information content (AvgIpc) is 3.18. The fourth-order valence-electron chi connectivity index (χ4n) is 3.98. The van der Waals surface area contributed by atoms with Crippen molar-refractivity contribution in [1.82, 2.24) is 9.55 Å². The van der Waals surface area contributed by atoms with Gasteiger partial charge in [-0.25, -0.2) is 9.59 Å². The second-order valence-electron chi connectivity index (χ2n) is 8.12. The summed E-state index contributed by atoms with van der Waals surface area (Å²) in [5.74, 6) is -1.56. The van der Waals surface area contributed by atoms with Crippen molar-refractivity contribution in [2.24, 2.45) is 0 Å². The Hall–Kier alpha value is -2.79. The first-order chi connectivity index (χ1) is 14.6. The van der Waals surface area contributed by atoms with Crippen LogP contribution in [0.3, 0.4) is 0 Å². The van der Waals surface area contributed by atoms with Crippen LogP contribution in [0.15, 0.2) is 46.1 Å². The number of aromatic amines is 1. The largest absolute Gasteiger partial charge is 0.459 e. The predicted octanol–water partition coefficient (Wildman–Crippen LogP) is 0.266. The number of fused-ring (bicyclic) bond motifs is 1. The average molecular weight is 432 g/mol. The summed E-state index contributed by atoms with van der Waals surface area (Å²) in [7, 11) is 0. The maximum absolute atomic E-state index is 12.5. The summed E-state index contributed by atoms with van der Waals surface area (Å²) in [4.78, 5) is 38.5. The summed E-state index contributed by atoms with van der Waals surface area (Å²) < 4.78 is 24.4. The Labute approximate surface area is 177 Å². The molecular weight excluding hydrogens is 408 g/mol. The Balaban J connectivity index is 1.62. The lowest BCUT2D eigenvalue weighted by atomic mass is 10.0. The molecule has 2 aromatic rings. The van der Waals surface area contributed by atoms with Gasteiger partial charge in [0, 0.05) is 12.3 Å². The van der Waals surface area contributed by atoms with Crippen molar-refractivity contribution in [2.75, 3.05) is 13.2 Å². The van der Waals surface area contributed by atoms with Gasteiger partial charge in [0.15, 0.2) is 5.79 Å². The van der Waals surface area contributed by atoms with Crippen molar-refractivity contribution in [1.29, 1.82) is 0 Å². The number of benzene rings is 1. The highest BCUT2D eigenvalue weighted by Gasteiger charge is 2.64. The number of nitrogens with zero attached hydrogens (tertiary/aromatic N) is 1. The zero-order valence-corrected chi connectivity index (χ0v) is 17.4. The van der Waals surface area contributed by atoms with E-state index in [4.69, 9.17) is 18.9 Å². The highest BCUT2D eigenvalue weighted by Crippen LogP contribution is 2.46. The summed E-state index contributed by atoms with van der Waals surface area (Å²) in [6.07, 6.45) is -1.22. The minimum absolute atomic E-state index is 0.187. The van der Waals surface area contributed by atoms with E-state index in [0.717, 1.165) is 16.2 Å². The molecule has 0 spiro atoms. The molecule has 2 saturated heterocycles. The van der Waals surface area contributed by atoms with Crippen LogP contribution in [-0.2, 0) is 24.7 Å². The highest BCUT2D eigenvalue weighted by atomic mass is 16.8. The Morgan fingerprint density at radius 2 is 1.87 bits per heavy atom. The van der Waals surface area contributed by atoms with Crippen molar-refractivity contribution in [2.45, 2.75) is 50.6 Å². The third-order valence-electron chi connectivity index (χ3n) is 5.42. The molecule has 0 radical (unpaired) electrons. The quantitative estimate of drug-likeness (QED) is 0.644. The second-order valence-corrected chi connectivity index (χ2v) is 8.12. The summed E-state index contributed by atoms with van der Waals surface area (Å²) in [6, 6.07) is 8.06. The van der Waals surface area contributed by atoms with Crippen molar-refractivity contribution >= 4 is 5.97 Å². The van der Waals surface area contributed by atoms with Gasteiger partial charge in [0.05, 0.1) is 12.2 Å². The number of carbonyl (C=O) groups excluding carboxylic acids is 1. The number of aliphatic hydroxyl groups is 1. The fourth-order valence-corrected chi connectivity index (χ4v) is 3.98. The van der Waals surface area contributed by atoms with Gasteiger partial charge in [0.1, 0.15) is 24.9 Å². The smallest absolute Gasteiger partial charge is 0.338 e. The van der Waals surface area contributed by atoms with E-state index >= 15 is 0 Å². The monoisotopic (exact) mass is 432 g/mol. The van der Waals surface area contributed by atoms with Crippen LogP contribution in [0.1, 0.15) is 29.8 Å². The molecule has 4 rings (SSSR count). The number of esters is 1. The molecule has 3 heterocycles. The van der Waals surface area contributed by atoms with Gasteiger partial charge in [0.25, 0.3) is 5.56 Å². The predicted molar refractivity (Wildman–Crippen MR) is 107 cm³/mol. The maximum atomic E-state index is 12.5.